The van der Waals surface area contributed by atoms with E-state index in [4.69, 9.17) is 0 Å². The van der Waals surface area contributed by atoms with Crippen molar-refractivity contribution < 1.29 is 18.7 Å². The fraction of sp³-hybridized carbons (Fsp3) is 0.273. The molecule has 0 fully saturated rings. The first kappa shape index (κ1) is 11.4. The predicted octanol–water partition coefficient (Wildman–Crippen LogP) is 1.67. The van der Waals surface area contributed by atoms with E-state index in [1.165, 1.54) is 25.1 Å². The molecule has 4 heteroatoms. The molecule has 0 bridgehead atoms. The Kier molecular flexibility index (Phi) is 3.55. The van der Waals surface area contributed by atoms with E-state index >= 15 is 0 Å². The van der Waals surface area contributed by atoms with E-state index < -0.39 is 23.5 Å². The van der Waals surface area contributed by atoms with Crippen LogP contribution in [0.4, 0.5) is 4.39 Å². The average Bonchev–Trinajstić information content (AvgIpc) is 2.26. The number of ether oxygens (including phenoxy) is 1. The van der Waals surface area contributed by atoms with Gasteiger partial charge in [-0.25, -0.2) is 9.18 Å². The molecule has 0 spiro atoms. The number of rotatable bonds is 3. The standard InChI is InChI=1S/C11H11FO3/c1-7(10(13)11(14)15-2)8-4-3-5-9(12)6-8/h3-7H,1-2H3. The van der Waals surface area contributed by atoms with Gasteiger partial charge < -0.3 is 4.74 Å². The fourth-order valence-corrected chi connectivity index (χ4v) is 1.20. The van der Waals surface area contributed by atoms with Gasteiger partial charge in [-0.3, -0.25) is 4.79 Å². The summed E-state index contributed by atoms with van der Waals surface area (Å²) < 4.78 is 17.1. The van der Waals surface area contributed by atoms with Crippen LogP contribution in [0.3, 0.4) is 0 Å². The van der Waals surface area contributed by atoms with Gasteiger partial charge in [-0.05, 0) is 17.7 Å². The van der Waals surface area contributed by atoms with Crippen molar-refractivity contribution >= 4 is 11.8 Å². The van der Waals surface area contributed by atoms with Crippen LogP contribution in [-0.4, -0.2) is 18.9 Å². The van der Waals surface area contributed by atoms with Crippen molar-refractivity contribution in [1.82, 2.24) is 0 Å². The number of hydrogen-bond acceptors (Lipinski definition) is 3. The van der Waals surface area contributed by atoms with Crippen LogP contribution in [-0.2, 0) is 14.3 Å². The number of halogens is 1. The highest BCUT2D eigenvalue weighted by molar-refractivity contribution is 6.35. The summed E-state index contributed by atoms with van der Waals surface area (Å²) in [5.74, 6) is -2.71. The molecule has 0 amide bonds. The smallest absolute Gasteiger partial charge is 0.374 e. The lowest BCUT2D eigenvalue weighted by Crippen LogP contribution is -2.21. The molecule has 0 aliphatic rings. The van der Waals surface area contributed by atoms with Crippen molar-refractivity contribution in [3.05, 3.63) is 35.6 Å². The topological polar surface area (TPSA) is 43.4 Å². The Balaban J connectivity index is 2.89. The first-order valence-corrected chi connectivity index (χ1v) is 4.44. The molecule has 80 valence electrons. The first-order chi connectivity index (χ1) is 7.06. The van der Waals surface area contributed by atoms with Crippen LogP contribution in [0.1, 0.15) is 18.4 Å². The SMILES string of the molecule is COC(=O)C(=O)C(C)c1cccc(F)c1. The second-order valence-electron chi connectivity index (χ2n) is 3.13. The molecule has 0 saturated carbocycles. The fourth-order valence-electron chi connectivity index (χ4n) is 1.20. The third-order valence-corrected chi connectivity index (χ3v) is 2.13. The number of Topliss-reactive ketones (excluding diaryl/α,β-unsaturated/α-hetero) is 1. The monoisotopic (exact) mass is 210 g/mol. The van der Waals surface area contributed by atoms with Crippen molar-refractivity contribution in [2.45, 2.75) is 12.8 Å². The minimum atomic E-state index is -0.910. The Bertz CT molecular complexity index is 387. The van der Waals surface area contributed by atoms with Crippen LogP contribution in [0.2, 0.25) is 0 Å². The second-order valence-corrected chi connectivity index (χ2v) is 3.13. The summed E-state index contributed by atoms with van der Waals surface area (Å²) in [6, 6.07) is 5.59. The number of carbonyl (C=O) groups is 2. The number of benzene rings is 1. The minimum absolute atomic E-state index is 0.433. The molecule has 1 unspecified atom stereocenters. The van der Waals surface area contributed by atoms with Gasteiger partial charge in [0.1, 0.15) is 5.82 Å². The molecule has 1 aromatic rings. The molecule has 1 aromatic carbocycles. The van der Waals surface area contributed by atoms with Crippen molar-refractivity contribution in [2.75, 3.05) is 7.11 Å². The van der Waals surface area contributed by atoms with E-state index in [1.54, 1.807) is 6.07 Å². The zero-order chi connectivity index (χ0) is 11.4. The van der Waals surface area contributed by atoms with E-state index in [9.17, 15) is 14.0 Å². The summed E-state index contributed by atoms with van der Waals surface area (Å²) in [5, 5.41) is 0. The van der Waals surface area contributed by atoms with E-state index in [0.29, 0.717) is 5.56 Å². The predicted molar refractivity (Wildman–Crippen MR) is 51.8 cm³/mol. The average molecular weight is 210 g/mol. The Labute approximate surface area is 86.9 Å². The molecule has 1 rings (SSSR count). The van der Waals surface area contributed by atoms with Gasteiger partial charge in [-0.2, -0.15) is 0 Å². The lowest BCUT2D eigenvalue weighted by molar-refractivity contribution is -0.152. The number of methoxy groups -OCH3 is 1. The Morgan fingerprint density at radius 2 is 2.07 bits per heavy atom. The molecule has 0 N–H and O–H groups in total. The van der Waals surface area contributed by atoms with Crippen molar-refractivity contribution in [3.8, 4) is 0 Å². The van der Waals surface area contributed by atoms with Crippen LogP contribution in [0.25, 0.3) is 0 Å². The molecule has 0 aliphatic carbocycles. The summed E-state index contributed by atoms with van der Waals surface area (Å²) in [5.41, 5.74) is 0.463. The molecular weight excluding hydrogens is 199 g/mol. The highest BCUT2D eigenvalue weighted by Gasteiger charge is 2.23. The zero-order valence-electron chi connectivity index (χ0n) is 8.49. The van der Waals surface area contributed by atoms with Crippen LogP contribution >= 0.6 is 0 Å². The third kappa shape index (κ3) is 2.62. The number of hydrogen-bond donors (Lipinski definition) is 0. The third-order valence-electron chi connectivity index (χ3n) is 2.13. The molecule has 0 saturated heterocycles. The second kappa shape index (κ2) is 4.68. The lowest BCUT2D eigenvalue weighted by atomic mass is 9.97. The maximum absolute atomic E-state index is 12.8. The van der Waals surface area contributed by atoms with E-state index in [1.807, 2.05) is 0 Å². The van der Waals surface area contributed by atoms with Crippen molar-refractivity contribution in [1.29, 1.82) is 0 Å². The van der Waals surface area contributed by atoms with Crippen LogP contribution in [0, 0.1) is 5.82 Å². The maximum atomic E-state index is 12.8. The molecule has 0 aliphatic heterocycles. The largest absolute Gasteiger partial charge is 0.463 e. The Morgan fingerprint density at radius 1 is 1.40 bits per heavy atom. The van der Waals surface area contributed by atoms with Gasteiger partial charge in [-0.15, -0.1) is 0 Å². The van der Waals surface area contributed by atoms with Gasteiger partial charge in [0, 0.05) is 0 Å². The van der Waals surface area contributed by atoms with Crippen LogP contribution < -0.4 is 0 Å². The summed E-state index contributed by atoms with van der Waals surface area (Å²) in [4.78, 5) is 22.3. The molecule has 3 nitrogen and oxygen atoms in total. The summed E-state index contributed by atoms with van der Waals surface area (Å²) in [6.07, 6.45) is 0. The first-order valence-electron chi connectivity index (χ1n) is 4.44. The van der Waals surface area contributed by atoms with Gasteiger partial charge in [-0.1, -0.05) is 19.1 Å². The Hall–Kier alpha value is -1.71. The summed E-state index contributed by atoms with van der Waals surface area (Å²) in [6.45, 7) is 1.54. The van der Waals surface area contributed by atoms with E-state index in [-0.39, 0.29) is 0 Å². The van der Waals surface area contributed by atoms with Crippen molar-refractivity contribution in [3.63, 3.8) is 0 Å². The van der Waals surface area contributed by atoms with Crippen LogP contribution in [0.15, 0.2) is 24.3 Å². The highest BCUT2D eigenvalue weighted by Crippen LogP contribution is 2.17. The van der Waals surface area contributed by atoms with E-state index in [0.717, 1.165) is 7.11 Å². The molecular formula is C11H11FO3. The van der Waals surface area contributed by atoms with Gasteiger partial charge in [0.05, 0.1) is 13.0 Å². The highest BCUT2D eigenvalue weighted by atomic mass is 19.1. The number of ketones is 1. The molecule has 0 aromatic heterocycles. The van der Waals surface area contributed by atoms with E-state index in [2.05, 4.69) is 4.74 Å². The lowest BCUT2D eigenvalue weighted by Gasteiger charge is -2.08. The quantitative estimate of drug-likeness (QED) is 0.563. The number of esters is 1. The van der Waals surface area contributed by atoms with Gasteiger partial charge in [0.15, 0.2) is 0 Å². The Morgan fingerprint density at radius 3 is 2.60 bits per heavy atom. The molecule has 1 atom stereocenters. The summed E-state index contributed by atoms with van der Waals surface area (Å²) >= 11 is 0. The molecule has 15 heavy (non-hydrogen) atoms. The normalized spacial score (nSPS) is 11.9. The molecule has 0 heterocycles. The summed E-state index contributed by atoms with van der Waals surface area (Å²) in [7, 11) is 1.14. The number of carbonyl (C=O) groups excluding carboxylic acids is 2. The van der Waals surface area contributed by atoms with Crippen molar-refractivity contribution in [2.24, 2.45) is 0 Å². The van der Waals surface area contributed by atoms with Gasteiger partial charge in [0.2, 0.25) is 5.78 Å². The van der Waals surface area contributed by atoms with Crippen LogP contribution in [0.5, 0.6) is 0 Å². The molecule has 0 radical (unpaired) electrons. The maximum Gasteiger partial charge on any atom is 0.374 e. The minimum Gasteiger partial charge on any atom is -0.463 e. The zero-order valence-corrected chi connectivity index (χ0v) is 8.49. The van der Waals surface area contributed by atoms with Gasteiger partial charge >= 0.3 is 5.97 Å². The van der Waals surface area contributed by atoms with Gasteiger partial charge in [0.25, 0.3) is 0 Å².